The maximum Gasteiger partial charge on any atom is 0.255 e. The molecule has 0 spiro atoms. The van der Waals surface area contributed by atoms with Crippen molar-refractivity contribution in [3.8, 4) is 0 Å². The Morgan fingerprint density at radius 2 is 2.24 bits per heavy atom. The third kappa shape index (κ3) is 3.28. The molecule has 0 saturated heterocycles. The van der Waals surface area contributed by atoms with Crippen LogP contribution in [0, 0.1) is 13.8 Å². The van der Waals surface area contributed by atoms with Crippen LogP contribution in [0.2, 0.25) is 0 Å². The van der Waals surface area contributed by atoms with E-state index in [1.165, 1.54) is 7.11 Å². The molecule has 1 heterocycles. The number of carbonyl (C=O) groups is 1. The van der Waals surface area contributed by atoms with Crippen molar-refractivity contribution >= 4 is 5.91 Å². The van der Waals surface area contributed by atoms with Gasteiger partial charge in [0, 0.05) is 26.4 Å². The van der Waals surface area contributed by atoms with Crippen molar-refractivity contribution in [2.45, 2.75) is 20.0 Å². The summed E-state index contributed by atoms with van der Waals surface area (Å²) in [5, 5.41) is 16.2. The normalized spacial score (nSPS) is 12.5. The molecule has 0 radical (unpaired) electrons. The second kappa shape index (κ2) is 5.79. The van der Waals surface area contributed by atoms with Gasteiger partial charge in [0.15, 0.2) is 0 Å². The van der Waals surface area contributed by atoms with E-state index in [1.807, 2.05) is 6.92 Å². The molecule has 17 heavy (non-hydrogen) atoms. The number of hydrogen-bond donors (Lipinski definition) is 2. The second-order valence-electron chi connectivity index (χ2n) is 3.99. The molecule has 0 aliphatic carbocycles. The summed E-state index contributed by atoms with van der Waals surface area (Å²) in [4.78, 5) is 11.9. The van der Waals surface area contributed by atoms with E-state index in [9.17, 15) is 9.90 Å². The highest BCUT2D eigenvalue weighted by molar-refractivity contribution is 5.96. The van der Waals surface area contributed by atoms with E-state index in [0.29, 0.717) is 11.3 Å². The highest BCUT2D eigenvalue weighted by Gasteiger charge is 2.17. The highest BCUT2D eigenvalue weighted by atomic mass is 16.5. The number of aromatic nitrogens is 2. The van der Waals surface area contributed by atoms with Crippen LogP contribution in [-0.4, -0.2) is 47.2 Å². The molecule has 1 aromatic rings. The van der Waals surface area contributed by atoms with Crippen LogP contribution in [0.25, 0.3) is 0 Å². The number of hydrogen-bond acceptors (Lipinski definition) is 4. The Bertz CT molecular complexity index is 401. The summed E-state index contributed by atoms with van der Waals surface area (Å²) < 4.78 is 6.44. The van der Waals surface area contributed by atoms with Crippen molar-refractivity contribution in [1.82, 2.24) is 15.1 Å². The molecule has 1 aromatic heterocycles. The zero-order chi connectivity index (χ0) is 13.0. The average molecular weight is 241 g/mol. The summed E-state index contributed by atoms with van der Waals surface area (Å²) in [5.41, 5.74) is 2.06. The van der Waals surface area contributed by atoms with Gasteiger partial charge in [0.1, 0.15) is 0 Å². The Balaban J connectivity index is 2.64. The van der Waals surface area contributed by atoms with Gasteiger partial charge in [0.2, 0.25) is 0 Å². The molecule has 1 unspecified atom stereocenters. The van der Waals surface area contributed by atoms with Crippen LogP contribution >= 0.6 is 0 Å². The lowest BCUT2D eigenvalue weighted by Crippen LogP contribution is -2.34. The van der Waals surface area contributed by atoms with Crippen LogP contribution in [0.1, 0.15) is 21.7 Å². The first-order valence-electron chi connectivity index (χ1n) is 5.42. The fourth-order valence-corrected chi connectivity index (χ4v) is 1.65. The smallest absolute Gasteiger partial charge is 0.255 e. The van der Waals surface area contributed by atoms with Gasteiger partial charge < -0.3 is 15.2 Å². The number of aliphatic hydroxyl groups is 1. The largest absolute Gasteiger partial charge is 0.389 e. The number of aliphatic hydroxyl groups excluding tert-OH is 1. The highest BCUT2D eigenvalue weighted by Crippen LogP contribution is 2.11. The molecule has 0 fully saturated rings. The first-order valence-corrected chi connectivity index (χ1v) is 5.42. The van der Waals surface area contributed by atoms with Gasteiger partial charge in [-0.1, -0.05) is 0 Å². The first kappa shape index (κ1) is 13.7. The zero-order valence-electron chi connectivity index (χ0n) is 10.6. The van der Waals surface area contributed by atoms with E-state index in [-0.39, 0.29) is 19.1 Å². The van der Waals surface area contributed by atoms with E-state index in [1.54, 1.807) is 18.7 Å². The molecule has 0 aliphatic rings. The average Bonchev–Trinajstić information content (AvgIpc) is 2.50. The molecule has 96 valence electrons. The van der Waals surface area contributed by atoms with Crippen LogP contribution in [0.5, 0.6) is 0 Å². The number of aryl methyl sites for hydroxylation is 2. The fraction of sp³-hybridized carbons (Fsp3) is 0.636. The topological polar surface area (TPSA) is 76.4 Å². The predicted molar refractivity (Wildman–Crippen MR) is 62.9 cm³/mol. The zero-order valence-corrected chi connectivity index (χ0v) is 10.6. The molecule has 2 N–H and O–H groups in total. The quantitative estimate of drug-likeness (QED) is 0.747. The molecule has 1 rings (SSSR count). The molecule has 1 amide bonds. The minimum atomic E-state index is -0.693. The molecule has 0 aromatic carbocycles. The molecular weight excluding hydrogens is 222 g/mol. The lowest BCUT2D eigenvalue weighted by molar-refractivity contribution is 0.0609. The molecular formula is C11H19N3O3. The van der Waals surface area contributed by atoms with Crippen LogP contribution in [-0.2, 0) is 11.8 Å². The van der Waals surface area contributed by atoms with Crippen LogP contribution < -0.4 is 5.32 Å². The fourth-order valence-electron chi connectivity index (χ4n) is 1.65. The number of carbonyl (C=O) groups excluding carboxylic acids is 1. The summed E-state index contributed by atoms with van der Waals surface area (Å²) in [6, 6.07) is 0. The Kier molecular flexibility index (Phi) is 4.65. The number of nitrogens with zero attached hydrogens (tertiary/aromatic N) is 2. The van der Waals surface area contributed by atoms with Crippen molar-refractivity contribution in [1.29, 1.82) is 0 Å². The minimum Gasteiger partial charge on any atom is -0.389 e. The minimum absolute atomic E-state index is 0.167. The van der Waals surface area contributed by atoms with Crippen LogP contribution in [0.3, 0.4) is 0 Å². The Labute approximate surface area is 101 Å². The monoisotopic (exact) mass is 241 g/mol. The maximum atomic E-state index is 11.9. The lowest BCUT2D eigenvalue weighted by Gasteiger charge is -2.10. The second-order valence-corrected chi connectivity index (χ2v) is 3.99. The Morgan fingerprint density at radius 1 is 1.59 bits per heavy atom. The SMILES string of the molecule is COCC(O)CNC(=O)c1c(C)nn(C)c1C. The molecule has 0 saturated carbocycles. The van der Waals surface area contributed by atoms with Gasteiger partial charge >= 0.3 is 0 Å². The molecule has 0 aliphatic heterocycles. The van der Waals surface area contributed by atoms with E-state index < -0.39 is 6.10 Å². The molecule has 6 nitrogen and oxygen atoms in total. The third-order valence-corrected chi connectivity index (χ3v) is 2.59. The summed E-state index contributed by atoms with van der Waals surface area (Å²) in [7, 11) is 3.29. The van der Waals surface area contributed by atoms with Crippen molar-refractivity contribution in [3.63, 3.8) is 0 Å². The summed E-state index contributed by atoms with van der Waals surface area (Å²) >= 11 is 0. The molecule has 1 atom stereocenters. The lowest BCUT2D eigenvalue weighted by atomic mass is 10.2. The number of methoxy groups -OCH3 is 1. The van der Waals surface area contributed by atoms with Gasteiger partial charge in [0.25, 0.3) is 5.91 Å². The number of amides is 1. The predicted octanol–water partition coefficient (Wildman–Crippen LogP) is -0.226. The van der Waals surface area contributed by atoms with E-state index in [0.717, 1.165) is 5.69 Å². The van der Waals surface area contributed by atoms with E-state index in [4.69, 9.17) is 4.74 Å². The standard InChI is InChI=1S/C11H19N3O3/c1-7-10(8(2)14(3)13-7)11(16)12-5-9(15)6-17-4/h9,15H,5-6H2,1-4H3,(H,12,16). The Morgan fingerprint density at radius 3 is 2.71 bits per heavy atom. The number of nitrogens with one attached hydrogen (secondary N) is 1. The van der Waals surface area contributed by atoms with Gasteiger partial charge in [0.05, 0.1) is 24.0 Å². The van der Waals surface area contributed by atoms with Crippen LogP contribution in [0.4, 0.5) is 0 Å². The van der Waals surface area contributed by atoms with E-state index in [2.05, 4.69) is 10.4 Å². The van der Waals surface area contributed by atoms with Gasteiger partial charge in [-0.05, 0) is 13.8 Å². The molecule has 6 heteroatoms. The summed E-state index contributed by atoms with van der Waals surface area (Å²) in [6.45, 7) is 3.99. The van der Waals surface area contributed by atoms with Gasteiger partial charge in [-0.2, -0.15) is 5.10 Å². The molecule has 0 bridgehead atoms. The van der Waals surface area contributed by atoms with Crippen molar-refractivity contribution in [2.75, 3.05) is 20.3 Å². The first-order chi connectivity index (χ1) is 7.97. The third-order valence-electron chi connectivity index (χ3n) is 2.59. The Hall–Kier alpha value is -1.40. The van der Waals surface area contributed by atoms with Gasteiger partial charge in [-0.15, -0.1) is 0 Å². The van der Waals surface area contributed by atoms with Crippen molar-refractivity contribution in [3.05, 3.63) is 17.0 Å². The number of rotatable bonds is 5. The van der Waals surface area contributed by atoms with Gasteiger partial charge in [-0.3, -0.25) is 9.48 Å². The summed E-state index contributed by atoms with van der Waals surface area (Å²) in [6.07, 6.45) is -0.693. The van der Waals surface area contributed by atoms with Gasteiger partial charge in [-0.25, -0.2) is 0 Å². The van der Waals surface area contributed by atoms with E-state index >= 15 is 0 Å². The maximum absolute atomic E-state index is 11.9. The number of ether oxygens (including phenoxy) is 1. The summed E-state index contributed by atoms with van der Waals surface area (Å²) in [5.74, 6) is -0.219. The van der Waals surface area contributed by atoms with Crippen molar-refractivity contribution in [2.24, 2.45) is 7.05 Å². The van der Waals surface area contributed by atoms with Crippen molar-refractivity contribution < 1.29 is 14.6 Å². The van der Waals surface area contributed by atoms with Crippen LogP contribution in [0.15, 0.2) is 0 Å².